The zero-order valence-electron chi connectivity index (χ0n) is 9.37. The van der Waals surface area contributed by atoms with E-state index in [4.69, 9.17) is 15.7 Å². The Balaban J connectivity index is 2.94. The maximum absolute atomic E-state index is 8.81. The Morgan fingerprint density at radius 3 is 2.67 bits per heavy atom. The SMILES string of the molecule is CCC(C)(C)Oc1ccc(N)c(C#N)c1. The summed E-state index contributed by atoms with van der Waals surface area (Å²) < 4.78 is 5.74. The van der Waals surface area contributed by atoms with Crippen LogP contribution in [0.4, 0.5) is 5.69 Å². The molecule has 0 fully saturated rings. The van der Waals surface area contributed by atoms with Crippen molar-refractivity contribution >= 4 is 5.69 Å². The van der Waals surface area contributed by atoms with Crippen LogP contribution in [0.25, 0.3) is 0 Å². The monoisotopic (exact) mass is 204 g/mol. The molecule has 0 saturated heterocycles. The van der Waals surface area contributed by atoms with E-state index in [2.05, 4.69) is 6.92 Å². The number of hydrogen-bond donors (Lipinski definition) is 1. The van der Waals surface area contributed by atoms with E-state index in [1.54, 1.807) is 18.2 Å². The van der Waals surface area contributed by atoms with Gasteiger partial charge in [0.1, 0.15) is 17.4 Å². The highest BCUT2D eigenvalue weighted by Crippen LogP contribution is 2.24. The Kier molecular flexibility index (Phi) is 3.21. The number of nitrogens with zero attached hydrogens (tertiary/aromatic N) is 1. The van der Waals surface area contributed by atoms with Crippen LogP contribution >= 0.6 is 0 Å². The van der Waals surface area contributed by atoms with Crippen molar-refractivity contribution in [3.8, 4) is 11.8 Å². The zero-order chi connectivity index (χ0) is 11.5. The van der Waals surface area contributed by atoms with Crippen LogP contribution in [0, 0.1) is 11.3 Å². The molecule has 0 atom stereocenters. The minimum absolute atomic E-state index is 0.219. The molecule has 0 aliphatic carbocycles. The normalized spacial score (nSPS) is 10.8. The highest BCUT2D eigenvalue weighted by atomic mass is 16.5. The van der Waals surface area contributed by atoms with Crippen LogP contribution in [0.5, 0.6) is 5.75 Å². The van der Waals surface area contributed by atoms with Gasteiger partial charge >= 0.3 is 0 Å². The lowest BCUT2D eigenvalue weighted by Gasteiger charge is -2.25. The lowest BCUT2D eigenvalue weighted by molar-refractivity contribution is 0.105. The molecule has 3 heteroatoms. The Labute approximate surface area is 90.5 Å². The number of ether oxygens (including phenoxy) is 1. The number of nitriles is 1. The molecule has 1 aromatic carbocycles. The van der Waals surface area contributed by atoms with E-state index in [0.29, 0.717) is 17.0 Å². The van der Waals surface area contributed by atoms with E-state index in [0.717, 1.165) is 6.42 Å². The minimum atomic E-state index is -0.219. The van der Waals surface area contributed by atoms with Gasteiger partial charge in [0.2, 0.25) is 0 Å². The van der Waals surface area contributed by atoms with Crippen molar-refractivity contribution in [1.82, 2.24) is 0 Å². The van der Waals surface area contributed by atoms with Gasteiger partial charge < -0.3 is 10.5 Å². The second-order valence-corrected chi connectivity index (χ2v) is 4.08. The van der Waals surface area contributed by atoms with Crippen molar-refractivity contribution in [2.24, 2.45) is 0 Å². The Bertz CT molecular complexity index is 391. The average Bonchev–Trinajstić information content (AvgIpc) is 2.20. The van der Waals surface area contributed by atoms with Crippen LogP contribution in [-0.4, -0.2) is 5.60 Å². The molecule has 0 aliphatic heterocycles. The molecule has 0 bridgehead atoms. The topological polar surface area (TPSA) is 59.0 Å². The van der Waals surface area contributed by atoms with E-state index < -0.39 is 0 Å². The van der Waals surface area contributed by atoms with Gasteiger partial charge in [-0.05, 0) is 32.4 Å². The van der Waals surface area contributed by atoms with Crippen LogP contribution < -0.4 is 10.5 Å². The molecular weight excluding hydrogens is 188 g/mol. The average molecular weight is 204 g/mol. The Morgan fingerprint density at radius 2 is 2.13 bits per heavy atom. The molecule has 0 unspecified atom stereocenters. The summed E-state index contributed by atoms with van der Waals surface area (Å²) in [6.45, 7) is 6.08. The maximum atomic E-state index is 8.81. The molecule has 0 saturated carbocycles. The largest absolute Gasteiger partial charge is 0.488 e. The first kappa shape index (κ1) is 11.4. The van der Waals surface area contributed by atoms with Crippen LogP contribution in [0.15, 0.2) is 18.2 Å². The van der Waals surface area contributed by atoms with Gasteiger partial charge in [0.05, 0.1) is 5.56 Å². The molecule has 15 heavy (non-hydrogen) atoms. The molecule has 1 aromatic rings. The molecule has 3 nitrogen and oxygen atoms in total. The molecule has 0 amide bonds. The van der Waals surface area contributed by atoms with Crippen molar-refractivity contribution in [3.05, 3.63) is 23.8 Å². The molecule has 1 rings (SSSR count). The number of nitrogens with two attached hydrogens (primary N) is 1. The van der Waals surface area contributed by atoms with Gasteiger partial charge in [0.15, 0.2) is 0 Å². The first-order valence-electron chi connectivity index (χ1n) is 4.97. The first-order valence-corrected chi connectivity index (χ1v) is 4.97. The van der Waals surface area contributed by atoms with Crippen molar-refractivity contribution in [2.75, 3.05) is 5.73 Å². The lowest BCUT2D eigenvalue weighted by Crippen LogP contribution is -2.26. The quantitative estimate of drug-likeness (QED) is 0.770. The molecule has 80 valence electrons. The van der Waals surface area contributed by atoms with E-state index in [-0.39, 0.29) is 5.60 Å². The van der Waals surface area contributed by atoms with Gasteiger partial charge in [-0.3, -0.25) is 0 Å². The number of anilines is 1. The highest BCUT2D eigenvalue weighted by molar-refractivity contribution is 5.56. The number of hydrogen-bond acceptors (Lipinski definition) is 3. The third-order valence-corrected chi connectivity index (χ3v) is 2.39. The summed E-state index contributed by atoms with van der Waals surface area (Å²) in [5, 5.41) is 8.81. The van der Waals surface area contributed by atoms with Gasteiger partial charge in [-0.15, -0.1) is 0 Å². The van der Waals surface area contributed by atoms with Crippen LogP contribution in [0.3, 0.4) is 0 Å². The van der Waals surface area contributed by atoms with Crippen molar-refractivity contribution < 1.29 is 4.74 Å². The summed E-state index contributed by atoms with van der Waals surface area (Å²) >= 11 is 0. The molecule has 2 N–H and O–H groups in total. The number of nitrogen functional groups attached to an aromatic ring is 1. The van der Waals surface area contributed by atoms with Gasteiger partial charge in [0.25, 0.3) is 0 Å². The van der Waals surface area contributed by atoms with Gasteiger partial charge in [-0.25, -0.2) is 0 Å². The Hall–Kier alpha value is -1.69. The standard InChI is InChI=1S/C12H16N2O/c1-4-12(2,3)15-10-5-6-11(14)9(7-10)8-13/h5-7H,4,14H2,1-3H3. The van der Waals surface area contributed by atoms with Gasteiger partial charge in [0, 0.05) is 11.8 Å². The number of rotatable bonds is 3. The maximum Gasteiger partial charge on any atom is 0.121 e. The summed E-state index contributed by atoms with van der Waals surface area (Å²) in [4.78, 5) is 0. The predicted octanol–water partition coefficient (Wildman–Crippen LogP) is 2.71. The van der Waals surface area contributed by atoms with Crippen molar-refractivity contribution in [3.63, 3.8) is 0 Å². The summed E-state index contributed by atoms with van der Waals surface area (Å²) in [6.07, 6.45) is 0.902. The van der Waals surface area contributed by atoms with Gasteiger partial charge in [-0.2, -0.15) is 5.26 Å². The van der Waals surface area contributed by atoms with Crippen LogP contribution in [0.2, 0.25) is 0 Å². The third-order valence-electron chi connectivity index (χ3n) is 2.39. The predicted molar refractivity (Wildman–Crippen MR) is 60.6 cm³/mol. The van der Waals surface area contributed by atoms with Crippen LogP contribution in [-0.2, 0) is 0 Å². The lowest BCUT2D eigenvalue weighted by atomic mass is 10.1. The van der Waals surface area contributed by atoms with Crippen molar-refractivity contribution in [2.45, 2.75) is 32.8 Å². The van der Waals surface area contributed by atoms with E-state index in [1.165, 1.54) is 0 Å². The second kappa shape index (κ2) is 4.22. The number of benzene rings is 1. The first-order chi connectivity index (χ1) is 6.98. The molecule has 0 aliphatic rings. The summed E-state index contributed by atoms with van der Waals surface area (Å²) in [5.74, 6) is 0.688. The molecular formula is C12H16N2O. The third kappa shape index (κ3) is 2.88. The molecule has 0 radical (unpaired) electrons. The zero-order valence-corrected chi connectivity index (χ0v) is 9.37. The minimum Gasteiger partial charge on any atom is -0.488 e. The summed E-state index contributed by atoms with van der Waals surface area (Å²) in [7, 11) is 0. The van der Waals surface area contributed by atoms with Gasteiger partial charge in [-0.1, -0.05) is 6.92 Å². The summed E-state index contributed by atoms with van der Waals surface area (Å²) in [6, 6.07) is 7.19. The highest BCUT2D eigenvalue weighted by Gasteiger charge is 2.17. The fraction of sp³-hybridized carbons (Fsp3) is 0.417. The van der Waals surface area contributed by atoms with Crippen molar-refractivity contribution in [1.29, 1.82) is 5.26 Å². The van der Waals surface area contributed by atoms with E-state index in [1.807, 2.05) is 19.9 Å². The summed E-state index contributed by atoms with van der Waals surface area (Å²) in [5.41, 5.74) is 6.34. The second-order valence-electron chi connectivity index (χ2n) is 4.08. The Morgan fingerprint density at radius 1 is 1.47 bits per heavy atom. The van der Waals surface area contributed by atoms with E-state index >= 15 is 0 Å². The smallest absolute Gasteiger partial charge is 0.121 e. The molecule has 0 heterocycles. The molecule has 0 spiro atoms. The van der Waals surface area contributed by atoms with Crippen LogP contribution in [0.1, 0.15) is 32.8 Å². The molecule has 0 aromatic heterocycles. The fourth-order valence-corrected chi connectivity index (χ4v) is 1.09. The van der Waals surface area contributed by atoms with E-state index in [9.17, 15) is 0 Å². The fourth-order valence-electron chi connectivity index (χ4n) is 1.09.